The van der Waals surface area contributed by atoms with E-state index in [4.69, 9.17) is 4.74 Å². The zero-order chi connectivity index (χ0) is 15.7. The van der Waals surface area contributed by atoms with Gasteiger partial charge in [-0.25, -0.2) is 0 Å². The molecule has 22 heavy (non-hydrogen) atoms. The minimum Gasteiger partial charge on any atom is -0.493 e. The number of aryl methyl sites for hydroxylation is 2. The van der Waals surface area contributed by atoms with Gasteiger partial charge in [0.1, 0.15) is 5.75 Å². The third kappa shape index (κ3) is 3.24. The summed E-state index contributed by atoms with van der Waals surface area (Å²) in [6, 6.07) is 4.10. The zero-order valence-corrected chi connectivity index (χ0v) is 13.1. The number of hydrogen-bond donors (Lipinski definition) is 2. The first-order valence-corrected chi connectivity index (χ1v) is 7.85. The molecule has 1 heterocycles. The van der Waals surface area contributed by atoms with Gasteiger partial charge in [0.15, 0.2) is 0 Å². The molecule has 0 spiro atoms. The van der Waals surface area contributed by atoms with Crippen LogP contribution >= 0.6 is 0 Å². The second-order valence-corrected chi connectivity index (χ2v) is 6.25. The van der Waals surface area contributed by atoms with Crippen LogP contribution in [-0.4, -0.2) is 25.0 Å². The first-order chi connectivity index (χ1) is 10.5. The van der Waals surface area contributed by atoms with Crippen LogP contribution < -0.4 is 15.4 Å². The second-order valence-electron chi connectivity index (χ2n) is 6.25. The number of ether oxygens (including phenoxy) is 1. The molecular weight excluding hydrogens is 280 g/mol. The van der Waals surface area contributed by atoms with Gasteiger partial charge in [0.25, 0.3) is 0 Å². The van der Waals surface area contributed by atoms with Crippen molar-refractivity contribution in [3.8, 4) is 5.75 Å². The summed E-state index contributed by atoms with van der Waals surface area (Å²) in [5.41, 5.74) is 3.28. The maximum atomic E-state index is 12.1. The molecule has 118 valence electrons. The highest BCUT2D eigenvalue weighted by molar-refractivity contribution is 5.87. The molecule has 2 aliphatic rings. The minimum absolute atomic E-state index is 0.00536. The lowest BCUT2D eigenvalue weighted by molar-refractivity contribution is -0.127. The third-order valence-electron chi connectivity index (χ3n) is 4.18. The van der Waals surface area contributed by atoms with E-state index < -0.39 is 0 Å². The molecule has 0 saturated heterocycles. The van der Waals surface area contributed by atoms with Gasteiger partial charge in [0, 0.05) is 17.9 Å². The van der Waals surface area contributed by atoms with E-state index in [1.807, 2.05) is 13.8 Å². The highest BCUT2D eigenvalue weighted by Crippen LogP contribution is 2.35. The Balaban J connectivity index is 1.63. The van der Waals surface area contributed by atoms with E-state index in [0.717, 1.165) is 41.7 Å². The molecule has 2 amide bonds. The normalized spacial score (nSPS) is 19.8. The Hall–Kier alpha value is -2.04. The number of benzene rings is 1. The molecule has 3 rings (SSSR count). The fraction of sp³-hybridized carbons (Fsp3) is 0.529. The van der Waals surface area contributed by atoms with Crippen molar-refractivity contribution < 1.29 is 14.3 Å². The van der Waals surface area contributed by atoms with Crippen LogP contribution in [0.3, 0.4) is 0 Å². The Morgan fingerprint density at radius 2 is 2.00 bits per heavy atom. The maximum absolute atomic E-state index is 12.1. The Labute approximate surface area is 130 Å². The van der Waals surface area contributed by atoms with Crippen molar-refractivity contribution in [3.63, 3.8) is 0 Å². The van der Waals surface area contributed by atoms with Crippen molar-refractivity contribution in [2.24, 2.45) is 5.92 Å². The van der Waals surface area contributed by atoms with E-state index in [9.17, 15) is 9.59 Å². The molecule has 2 N–H and O–H groups in total. The summed E-state index contributed by atoms with van der Waals surface area (Å²) >= 11 is 0. The quantitative estimate of drug-likeness (QED) is 0.890. The predicted molar refractivity (Wildman–Crippen MR) is 82.6 cm³/mol. The largest absolute Gasteiger partial charge is 0.493 e. The smallest absolute Gasteiger partial charge is 0.239 e. The molecule has 5 nitrogen and oxygen atoms in total. The molecule has 1 fully saturated rings. The summed E-state index contributed by atoms with van der Waals surface area (Å²) in [5, 5.41) is 5.71. The van der Waals surface area contributed by atoms with Crippen molar-refractivity contribution >= 4 is 11.8 Å². The molecular formula is C17H22N2O3. The standard InChI is InChI=1S/C17H22N2O3/c1-10-7-11(2)16-13(8-10)14(5-6-22-16)19-15(20)9-18-17(21)12-3-4-12/h7-8,12,14H,3-6,9H2,1-2H3,(H,18,21)(H,19,20)/t14-/m1/s1. The van der Waals surface area contributed by atoms with Crippen LogP contribution in [0, 0.1) is 19.8 Å². The monoisotopic (exact) mass is 302 g/mol. The number of hydrogen-bond acceptors (Lipinski definition) is 3. The molecule has 0 aromatic heterocycles. The molecule has 1 aromatic rings. The van der Waals surface area contributed by atoms with E-state index in [1.54, 1.807) is 0 Å². The molecule has 1 atom stereocenters. The van der Waals surface area contributed by atoms with Gasteiger partial charge < -0.3 is 15.4 Å². The van der Waals surface area contributed by atoms with Gasteiger partial charge in [-0.2, -0.15) is 0 Å². The Morgan fingerprint density at radius 1 is 1.23 bits per heavy atom. The summed E-state index contributed by atoms with van der Waals surface area (Å²) < 4.78 is 5.74. The van der Waals surface area contributed by atoms with Crippen LogP contribution in [0.1, 0.15) is 42.0 Å². The van der Waals surface area contributed by atoms with Gasteiger partial charge in [0.2, 0.25) is 11.8 Å². The number of rotatable bonds is 4. The number of fused-ring (bicyclic) bond motifs is 1. The molecule has 1 aliphatic heterocycles. The highest BCUT2D eigenvalue weighted by Gasteiger charge is 2.30. The lowest BCUT2D eigenvalue weighted by Gasteiger charge is -2.28. The van der Waals surface area contributed by atoms with Crippen LogP contribution in [0.4, 0.5) is 0 Å². The first kappa shape index (κ1) is 14.9. The van der Waals surface area contributed by atoms with E-state index in [0.29, 0.717) is 6.61 Å². The van der Waals surface area contributed by atoms with Crippen LogP contribution in [0.25, 0.3) is 0 Å². The molecule has 1 saturated carbocycles. The molecule has 1 aliphatic carbocycles. The van der Waals surface area contributed by atoms with Gasteiger partial charge in [-0.05, 0) is 32.3 Å². The lowest BCUT2D eigenvalue weighted by Crippen LogP contribution is -2.40. The average Bonchev–Trinajstić information content (AvgIpc) is 3.30. The minimum atomic E-state index is -0.147. The van der Waals surface area contributed by atoms with Crippen LogP contribution in [-0.2, 0) is 9.59 Å². The molecule has 5 heteroatoms. The number of carbonyl (C=O) groups excluding carboxylic acids is 2. The van der Waals surface area contributed by atoms with E-state index in [1.165, 1.54) is 0 Å². The summed E-state index contributed by atoms with van der Waals surface area (Å²) in [6.07, 6.45) is 2.64. The Bertz CT molecular complexity index is 608. The molecule has 0 radical (unpaired) electrons. The van der Waals surface area contributed by atoms with Crippen LogP contribution in [0.5, 0.6) is 5.75 Å². The van der Waals surface area contributed by atoms with E-state index >= 15 is 0 Å². The summed E-state index contributed by atoms with van der Waals surface area (Å²) in [5.74, 6) is 0.853. The first-order valence-electron chi connectivity index (χ1n) is 7.85. The SMILES string of the molecule is Cc1cc(C)c2c(c1)[C@H](NC(=O)CNC(=O)C1CC1)CCO2. The van der Waals surface area contributed by atoms with Gasteiger partial charge in [-0.15, -0.1) is 0 Å². The van der Waals surface area contributed by atoms with E-state index in [-0.39, 0.29) is 30.3 Å². The Morgan fingerprint density at radius 3 is 2.73 bits per heavy atom. The van der Waals surface area contributed by atoms with Crippen molar-refractivity contribution in [2.75, 3.05) is 13.2 Å². The van der Waals surface area contributed by atoms with Gasteiger partial charge in [0.05, 0.1) is 19.2 Å². The average molecular weight is 302 g/mol. The topological polar surface area (TPSA) is 67.4 Å². The van der Waals surface area contributed by atoms with Crippen molar-refractivity contribution in [3.05, 3.63) is 28.8 Å². The second kappa shape index (κ2) is 5.99. The fourth-order valence-corrected chi connectivity index (χ4v) is 2.93. The van der Waals surface area contributed by atoms with Gasteiger partial charge >= 0.3 is 0 Å². The van der Waals surface area contributed by atoms with Gasteiger partial charge in [-0.3, -0.25) is 9.59 Å². The van der Waals surface area contributed by atoms with Crippen LogP contribution in [0.2, 0.25) is 0 Å². The Kier molecular flexibility index (Phi) is 4.05. The highest BCUT2D eigenvalue weighted by atomic mass is 16.5. The molecule has 0 unspecified atom stereocenters. The van der Waals surface area contributed by atoms with Crippen molar-refractivity contribution in [1.82, 2.24) is 10.6 Å². The van der Waals surface area contributed by atoms with Gasteiger partial charge in [-0.1, -0.05) is 17.7 Å². The number of carbonyl (C=O) groups is 2. The van der Waals surface area contributed by atoms with E-state index in [2.05, 4.69) is 22.8 Å². The van der Waals surface area contributed by atoms with Crippen molar-refractivity contribution in [2.45, 2.75) is 39.2 Å². The number of nitrogens with one attached hydrogen (secondary N) is 2. The maximum Gasteiger partial charge on any atom is 0.239 e. The third-order valence-corrected chi connectivity index (χ3v) is 4.18. The fourth-order valence-electron chi connectivity index (χ4n) is 2.93. The summed E-state index contributed by atoms with van der Waals surface area (Å²) in [7, 11) is 0. The van der Waals surface area contributed by atoms with Crippen LogP contribution in [0.15, 0.2) is 12.1 Å². The summed E-state index contributed by atoms with van der Waals surface area (Å²) in [4.78, 5) is 23.7. The predicted octanol–water partition coefficient (Wildman–Crippen LogP) is 1.77. The number of amides is 2. The zero-order valence-electron chi connectivity index (χ0n) is 13.1. The molecule has 1 aromatic carbocycles. The lowest BCUT2D eigenvalue weighted by atomic mass is 9.95. The van der Waals surface area contributed by atoms with Crippen molar-refractivity contribution in [1.29, 1.82) is 0 Å². The summed E-state index contributed by atoms with van der Waals surface area (Å²) in [6.45, 7) is 4.70. The molecule has 0 bridgehead atoms.